The largest absolute Gasteiger partial charge is 0.395 e. The molecular formula is C16H26N2OS. The predicted molar refractivity (Wildman–Crippen MR) is 86.0 cm³/mol. The van der Waals surface area contributed by atoms with E-state index in [0.717, 1.165) is 19.6 Å². The van der Waals surface area contributed by atoms with Crippen molar-refractivity contribution in [3.05, 3.63) is 30.1 Å². The van der Waals surface area contributed by atoms with Gasteiger partial charge < -0.3 is 10.0 Å². The van der Waals surface area contributed by atoms with Crippen LogP contribution in [-0.2, 0) is 0 Å². The number of rotatable bonds is 6. The molecule has 3 nitrogen and oxygen atoms in total. The Kier molecular flexibility index (Phi) is 6.33. The summed E-state index contributed by atoms with van der Waals surface area (Å²) in [5, 5.41) is 10.2. The number of β-amino-alcohol motifs (C(OH)–C–C–N with tert-alkyl or cyclic N) is 1. The Morgan fingerprint density at radius 1 is 1.35 bits per heavy atom. The zero-order valence-electron chi connectivity index (χ0n) is 12.5. The Morgan fingerprint density at radius 3 is 2.65 bits per heavy atom. The molecule has 1 atom stereocenters. The Morgan fingerprint density at radius 2 is 2.10 bits per heavy atom. The van der Waals surface area contributed by atoms with E-state index >= 15 is 0 Å². The molecule has 20 heavy (non-hydrogen) atoms. The van der Waals surface area contributed by atoms with Crippen molar-refractivity contribution >= 4 is 11.8 Å². The van der Waals surface area contributed by atoms with E-state index in [4.69, 9.17) is 5.11 Å². The van der Waals surface area contributed by atoms with Crippen molar-refractivity contribution in [2.24, 2.45) is 5.92 Å². The minimum absolute atomic E-state index is 0.273. The zero-order valence-corrected chi connectivity index (χ0v) is 13.4. The SMILES string of the molecule is CC(C)SC(c1ccccn1)C1CCN(CCO)CC1. The smallest absolute Gasteiger partial charge is 0.0558 e. The van der Waals surface area contributed by atoms with Crippen LogP contribution in [0.3, 0.4) is 0 Å². The fourth-order valence-corrected chi connectivity index (χ4v) is 4.24. The molecule has 0 bridgehead atoms. The van der Waals surface area contributed by atoms with Crippen LogP contribution in [0.5, 0.6) is 0 Å². The van der Waals surface area contributed by atoms with Gasteiger partial charge in [-0.1, -0.05) is 19.9 Å². The summed E-state index contributed by atoms with van der Waals surface area (Å²) in [6.45, 7) is 7.83. The molecule has 0 spiro atoms. The van der Waals surface area contributed by atoms with Crippen molar-refractivity contribution in [3.63, 3.8) is 0 Å². The van der Waals surface area contributed by atoms with Gasteiger partial charge in [-0.25, -0.2) is 0 Å². The van der Waals surface area contributed by atoms with E-state index in [9.17, 15) is 0 Å². The van der Waals surface area contributed by atoms with Crippen LogP contribution in [0.4, 0.5) is 0 Å². The van der Waals surface area contributed by atoms with E-state index in [1.54, 1.807) is 0 Å². The van der Waals surface area contributed by atoms with E-state index < -0.39 is 0 Å². The number of thioether (sulfide) groups is 1. The van der Waals surface area contributed by atoms with Gasteiger partial charge in [-0.3, -0.25) is 4.98 Å². The van der Waals surface area contributed by atoms with E-state index in [1.165, 1.54) is 18.5 Å². The van der Waals surface area contributed by atoms with Gasteiger partial charge in [0.1, 0.15) is 0 Å². The zero-order chi connectivity index (χ0) is 14.4. The molecule has 0 aromatic carbocycles. The lowest BCUT2D eigenvalue weighted by Crippen LogP contribution is -2.37. The second-order valence-corrected chi connectivity index (χ2v) is 7.49. The molecule has 1 unspecified atom stereocenters. The first kappa shape index (κ1) is 15.8. The summed E-state index contributed by atoms with van der Waals surface area (Å²) in [7, 11) is 0. The van der Waals surface area contributed by atoms with Crippen LogP contribution in [0.2, 0.25) is 0 Å². The highest BCUT2D eigenvalue weighted by molar-refractivity contribution is 8.00. The number of hydrogen-bond acceptors (Lipinski definition) is 4. The minimum Gasteiger partial charge on any atom is -0.395 e. The second-order valence-electron chi connectivity index (χ2n) is 5.76. The molecule has 0 radical (unpaired) electrons. The van der Waals surface area contributed by atoms with E-state index in [1.807, 2.05) is 24.0 Å². The number of nitrogens with zero attached hydrogens (tertiary/aromatic N) is 2. The van der Waals surface area contributed by atoms with Crippen LogP contribution in [0.1, 0.15) is 37.6 Å². The molecule has 4 heteroatoms. The summed E-state index contributed by atoms with van der Waals surface area (Å²) in [5.41, 5.74) is 1.23. The Balaban J connectivity index is 2.01. The number of aliphatic hydroxyl groups is 1. The Labute approximate surface area is 126 Å². The van der Waals surface area contributed by atoms with Gasteiger partial charge in [-0.05, 0) is 49.2 Å². The lowest BCUT2D eigenvalue weighted by molar-refractivity contribution is 0.146. The van der Waals surface area contributed by atoms with Gasteiger partial charge in [-0.15, -0.1) is 11.8 Å². The maximum Gasteiger partial charge on any atom is 0.0558 e. The number of likely N-dealkylation sites (tertiary alicyclic amines) is 1. The number of aromatic nitrogens is 1. The molecule has 1 saturated heterocycles. The number of aliphatic hydroxyl groups excluding tert-OH is 1. The van der Waals surface area contributed by atoms with E-state index in [-0.39, 0.29) is 6.61 Å². The van der Waals surface area contributed by atoms with Gasteiger partial charge in [0, 0.05) is 12.7 Å². The fraction of sp³-hybridized carbons (Fsp3) is 0.688. The van der Waals surface area contributed by atoms with Gasteiger partial charge in [0.15, 0.2) is 0 Å². The lowest BCUT2D eigenvalue weighted by atomic mass is 9.91. The van der Waals surface area contributed by atoms with Gasteiger partial charge in [-0.2, -0.15) is 0 Å². The summed E-state index contributed by atoms with van der Waals surface area (Å²) in [5.74, 6) is 0.701. The van der Waals surface area contributed by atoms with Crippen molar-refractivity contribution in [1.82, 2.24) is 9.88 Å². The van der Waals surface area contributed by atoms with Crippen LogP contribution in [0, 0.1) is 5.92 Å². The molecule has 1 aliphatic heterocycles. The summed E-state index contributed by atoms with van der Waals surface area (Å²) >= 11 is 2.04. The summed E-state index contributed by atoms with van der Waals surface area (Å²) in [4.78, 5) is 6.96. The highest BCUT2D eigenvalue weighted by Gasteiger charge is 2.29. The minimum atomic E-state index is 0.273. The molecule has 1 aromatic rings. The van der Waals surface area contributed by atoms with E-state index in [0.29, 0.717) is 16.4 Å². The van der Waals surface area contributed by atoms with Crippen molar-refractivity contribution in [2.75, 3.05) is 26.2 Å². The number of hydrogen-bond donors (Lipinski definition) is 1. The van der Waals surface area contributed by atoms with Crippen LogP contribution >= 0.6 is 11.8 Å². The van der Waals surface area contributed by atoms with Crippen LogP contribution in [-0.4, -0.2) is 46.5 Å². The van der Waals surface area contributed by atoms with Gasteiger partial charge in [0.25, 0.3) is 0 Å². The molecule has 1 aliphatic rings. The Hall–Kier alpha value is -0.580. The molecule has 112 valence electrons. The summed E-state index contributed by atoms with van der Waals surface area (Å²) < 4.78 is 0. The predicted octanol–water partition coefficient (Wildman–Crippen LogP) is 2.97. The molecule has 2 heterocycles. The molecule has 0 aliphatic carbocycles. The first-order valence-corrected chi connectivity index (χ1v) is 8.54. The average Bonchev–Trinajstić information content (AvgIpc) is 2.47. The van der Waals surface area contributed by atoms with Crippen molar-refractivity contribution in [2.45, 2.75) is 37.2 Å². The van der Waals surface area contributed by atoms with Gasteiger partial charge in [0.2, 0.25) is 0 Å². The second kappa shape index (κ2) is 8.01. The van der Waals surface area contributed by atoms with Crippen molar-refractivity contribution in [1.29, 1.82) is 0 Å². The third kappa shape index (κ3) is 4.47. The van der Waals surface area contributed by atoms with Crippen LogP contribution in [0.25, 0.3) is 0 Å². The number of pyridine rings is 1. The molecular weight excluding hydrogens is 268 g/mol. The molecule has 0 saturated carbocycles. The average molecular weight is 294 g/mol. The highest BCUT2D eigenvalue weighted by atomic mass is 32.2. The molecule has 2 rings (SSSR count). The first-order chi connectivity index (χ1) is 9.70. The lowest BCUT2D eigenvalue weighted by Gasteiger charge is -2.36. The first-order valence-electron chi connectivity index (χ1n) is 7.60. The quantitative estimate of drug-likeness (QED) is 0.875. The third-order valence-corrected chi connectivity index (χ3v) is 5.34. The van der Waals surface area contributed by atoms with Crippen LogP contribution in [0.15, 0.2) is 24.4 Å². The monoisotopic (exact) mass is 294 g/mol. The van der Waals surface area contributed by atoms with Crippen molar-refractivity contribution < 1.29 is 5.11 Å². The normalized spacial score (nSPS) is 19.4. The summed E-state index contributed by atoms with van der Waals surface area (Å²) in [6, 6.07) is 6.25. The van der Waals surface area contributed by atoms with E-state index in [2.05, 4.69) is 35.9 Å². The third-order valence-electron chi connectivity index (χ3n) is 3.87. The molecule has 1 fully saturated rings. The summed E-state index contributed by atoms with van der Waals surface area (Å²) in [6.07, 6.45) is 4.33. The van der Waals surface area contributed by atoms with Gasteiger partial charge in [0.05, 0.1) is 17.6 Å². The fourth-order valence-electron chi connectivity index (χ4n) is 2.88. The van der Waals surface area contributed by atoms with Crippen LogP contribution < -0.4 is 0 Å². The molecule has 0 amide bonds. The van der Waals surface area contributed by atoms with Gasteiger partial charge >= 0.3 is 0 Å². The topological polar surface area (TPSA) is 36.4 Å². The highest BCUT2D eigenvalue weighted by Crippen LogP contribution is 2.42. The number of piperidine rings is 1. The van der Waals surface area contributed by atoms with Crippen molar-refractivity contribution in [3.8, 4) is 0 Å². The molecule has 1 aromatic heterocycles. The Bertz CT molecular complexity index is 377. The standard InChI is InChI=1S/C16H26N2OS/c1-13(2)20-16(15-5-3-4-8-17-15)14-6-9-18(10-7-14)11-12-19/h3-5,8,13-14,16,19H,6-7,9-12H2,1-2H3. The maximum atomic E-state index is 9.03. The molecule has 1 N–H and O–H groups in total. The maximum absolute atomic E-state index is 9.03.